The van der Waals surface area contributed by atoms with Crippen LogP contribution in [0.3, 0.4) is 0 Å². The molecule has 0 bridgehead atoms. The van der Waals surface area contributed by atoms with E-state index < -0.39 is 0 Å². The van der Waals surface area contributed by atoms with Crippen LogP contribution in [-0.4, -0.2) is 25.8 Å². The number of rotatable bonds is 6. The molecule has 114 valence electrons. The van der Waals surface area contributed by atoms with Crippen molar-refractivity contribution >= 4 is 11.7 Å². The van der Waals surface area contributed by atoms with Crippen molar-refractivity contribution in [3.63, 3.8) is 0 Å². The first-order valence-corrected chi connectivity index (χ1v) is 8.04. The largest absolute Gasteiger partial charge is 0.381 e. The number of hydrogen-bond donors (Lipinski definition) is 2. The van der Waals surface area contributed by atoms with Crippen LogP contribution in [0.5, 0.6) is 0 Å². The third-order valence-electron chi connectivity index (χ3n) is 4.32. The quantitative estimate of drug-likeness (QED) is 0.787. The standard InChI is InChI=1S/C17H24N2O2/c20-17(18-10-3-4-13-9-11-21-12-13)19-16-6-2-1-5-15(16)14-7-8-14/h1-2,5-6,13-14H,3-4,7-12H2,(H2,18,19,20). The lowest BCUT2D eigenvalue weighted by Gasteiger charge is -2.12. The summed E-state index contributed by atoms with van der Waals surface area (Å²) in [5, 5.41) is 5.94. The lowest BCUT2D eigenvalue weighted by atomic mass is 10.0. The molecule has 1 aromatic carbocycles. The smallest absolute Gasteiger partial charge is 0.319 e. The van der Waals surface area contributed by atoms with Crippen LogP contribution >= 0.6 is 0 Å². The van der Waals surface area contributed by atoms with Crippen molar-refractivity contribution < 1.29 is 9.53 Å². The fourth-order valence-corrected chi connectivity index (χ4v) is 2.93. The predicted octanol–water partition coefficient (Wildman–Crippen LogP) is 3.50. The molecule has 1 saturated carbocycles. The molecule has 2 fully saturated rings. The summed E-state index contributed by atoms with van der Waals surface area (Å²) in [5.41, 5.74) is 2.23. The van der Waals surface area contributed by atoms with Gasteiger partial charge in [0, 0.05) is 25.4 Å². The summed E-state index contributed by atoms with van der Waals surface area (Å²) in [5.74, 6) is 1.33. The number of anilines is 1. The summed E-state index contributed by atoms with van der Waals surface area (Å²) in [6.45, 7) is 2.52. The highest BCUT2D eigenvalue weighted by molar-refractivity contribution is 5.90. The lowest BCUT2D eigenvalue weighted by Crippen LogP contribution is -2.30. The van der Waals surface area contributed by atoms with Gasteiger partial charge in [-0.2, -0.15) is 0 Å². The molecule has 21 heavy (non-hydrogen) atoms. The molecule has 0 radical (unpaired) electrons. The van der Waals surface area contributed by atoms with E-state index in [9.17, 15) is 4.79 Å². The van der Waals surface area contributed by atoms with Gasteiger partial charge >= 0.3 is 6.03 Å². The molecule has 2 aliphatic rings. The molecule has 0 aromatic heterocycles. The molecule has 4 nitrogen and oxygen atoms in total. The highest BCUT2D eigenvalue weighted by Crippen LogP contribution is 2.43. The Bertz CT molecular complexity index is 479. The summed E-state index contributed by atoms with van der Waals surface area (Å²) < 4.78 is 5.36. The summed E-state index contributed by atoms with van der Waals surface area (Å²) in [7, 11) is 0. The summed E-state index contributed by atoms with van der Waals surface area (Å²) in [4.78, 5) is 12.0. The van der Waals surface area contributed by atoms with Gasteiger partial charge in [-0.25, -0.2) is 4.79 Å². The Kier molecular flexibility index (Phi) is 4.76. The molecule has 1 aliphatic carbocycles. The maximum Gasteiger partial charge on any atom is 0.319 e. The molecule has 1 saturated heterocycles. The molecule has 2 amide bonds. The normalized spacial score (nSPS) is 21.2. The van der Waals surface area contributed by atoms with Gasteiger partial charge in [-0.05, 0) is 55.6 Å². The van der Waals surface area contributed by atoms with Gasteiger partial charge in [0.15, 0.2) is 0 Å². The van der Waals surface area contributed by atoms with Crippen LogP contribution in [0, 0.1) is 5.92 Å². The molecule has 1 atom stereocenters. The van der Waals surface area contributed by atoms with Crippen LogP contribution in [0.25, 0.3) is 0 Å². The van der Waals surface area contributed by atoms with Crippen LogP contribution in [-0.2, 0) is 4.74 Å². The maximum absolute atomic E-state index is 12.0. The molecule has 0 spiro atoms. The first kappa shape index (κ1) is 14.4. The zero-order valence-corrected chi connectivity index (χ0v) is 12.4. The van der Waals surface area contributed by atoms with Crippen LogP contribution in [0.2, 0.25) is 0 Å². The Morgan fingerprint density at radius 1 is 1.24 bits per heavy atom. The number of para-hydroxylation sites is 1. The minimum absolute atomic E-state index is 0.0919. The average molecular weight is 288 g/mol. The van der Waals surface area contributed by atoms with E-state index in [1.807, 2.05) is 18.2 Å². The number of benzene rings is 1. The van der Waals surface area contributed by atoms with Gasteiger partial charge in [-0.3, -0.25) is 0 Å². The van der Waals surface area contributed by atoms with Crippen molar-refractivity contribution in [2.24, 2.45) is 5.92 Å². The summed E-state index contributed by atoms with van der Waals surface area (Å²) in [6.07, 6.45) is 5.80. The SMILES string of the molecule is O=C(NCCCC1CCOC1)Nc1ccccc1C1CC1. The summed E-state index contributed by atoms with van der Waals surface area (Å²) >= 11 is 0. The van der Waals surface area contributed by atoms with Crippen molar-refractivity contribution in [3.8, 4) is 0 Å². The molecule has 3 rings (SSSR count). The Morgan fingerprint density at radius 3 is 2.86 bits per heavy atom. The van der Waals surface area contributed by atoms with Crippen molar-refractivity contribution in [1.29, 1.82) is 0 Å². The van der Waals surface area contributed by atoms with Crippen LogP contribution in [0.15, 0.2) is 24.3 Å². The number of hydrogen-bond acceptors (Lipinski definition) is 2. The van der Waals surface area contributed by atoms with E-state index in [4.69, 9.17) is 4.74 Å². The van der Waals surface area contributed by atoms with Gasteiger partial charge in [0.05, 0.1) is 0 Å². The zero-order chi connectivity index (χ0) is 14.5. The second kappa shape index (κ2) is 6.94. The number of carbonyl (C=O) groups excluding carboxylic acids is 1. The molecule has 4 heteroatoms. The third-order valence-corrected chi connectivity index (χ3v) is 4.32. The van der Waals surface area contributed by atoms with E-state index in [0.29, 0.717) is 11.8 Å². The van der Waals surface area contributed by atoms with Crippen LogP contribution < -0.4 is 10.6 Å². The molecular formula is C17H24N2O2. The minimum Gasteiger partial charge on any atom is -0.381 e. The van der Waals surface area contributed by atoms with E-state index in [-0.39, 0.29) is 6.03 Å². The minimum atomic E-state index is -0.0919. The molecule has 1 aromatic rings. The molecular weight excluding hydrogens is 264 g/mol. The third kappa shape index (κ3) is 4.21. The first-order chi connectivity index (χ1) is 10.3. The fourth-order valence-electron chi connectivity index (χ4n) is 2.93. The number of amides is 2. The van der Waals surface area contributed by atoms with Gasteiger partial charge in [0.1, 0.15) is 0 Å². The molecule has 1 aliphatic heterocycles. The van der Waals surface area contributed by atoms with E-state index in [1.165, 1.54) is 24.8 Å². The first-order valence-electron chi connectivity index (χ1n) is 8.04. The van der Waals surface area contributed by atoms with E-state index in [2.05, 4.69) is 16.7 Å². The van der Waals surface area contributed by atoms with Gasteiger partial charge in [0.25, 0.3) is 0 Å². The number of urea groups is 1. The predicted molar refractivity (Wildman–Crippen MR) is 83.6 cm³/mol. The average Bonchev–Trinajstić information content (AvgIpc) is 3.21. The molecule has 1 unspecified atom stereocenters. The van der Waals surface area contributed by atoms with Gasteiger partial charge in [-0.15, -0.1) is 0 Å². The second-order valence-electron chi connectivity index (χ2n) is 6.11. The fraction of sp³-hybridized carbons (Fsp3) is 0.588. The highest BCUT2D eigenvalue weighted by Gasteiger charge is 2.26. The monoisotopic (exact) mass is 288 g/mol. The van der Waals surface area contributed by atoms with Crippen molar-refractivity contribution in [2.45, 2.75) is 38.0 Å². The Hall–Kier alpha value is -1.55. The number of ether oxygens (including phenoxy) is 1. The lowest BCUT2D eigenvalue weighted by molar-refractivity contribution is 0.184. The maximum atomic E-state index is 12.0. The zero-order valence-electron chi connectivity index (χ0n) is 12.4. The second-order valence-corrected chi connectivity index (χ2v) is 6.11. The number of nitrogens with one attached hydrogen (secondary N) is 2. The van der Waals surface area contributed by atoms with Crippen molar-refractivity contribution in [2.75, 3.05) is 25.1 Å². The Morgan fingerprint density at radius 2 is 2.10 bits per heavy atom. The van der Waals surface area contributed by atoms with Crippen molar-refractivity contribution in [1.82, 2.24) is 5.32 Å². The van der Waals surface area contributed by atoms with Crippen LogP contribution in [0.4, 0.5) is 10.5 Å². The van der Waals surface area contributed by atoms with E-state index >= 15 is 0 Å². The van der Waals surface area contributed by atoms with Gasteiger partial charge in [0.2, 0.25) is 0 Å². The Balaban J connectivity index is 1.39. The van der Waals surface area contributed by atoms with E-state index in [0.717, 1.165) is 38.3 Å². The molecule has 1 heterocycles. The highest BCUT2D eigenvalue weighted by atomic mass is 16.5. The summed E-state index contributed by atoms with van der Waals surface area (Å²) in [6, 6.07) is 8.03. The molecule has 2 N–H and O–H groups in total. The van der Waals surface area contributed by atoms with Gasteiger partial charge < -0.3 is 15.4 Å². The topological polar surface area (TPSA) is 50.4 Å². The van der Waals surface area contributed by atoms with Gasteiger partial charge in [-0.1, -0.05) is 18.2 Å². The Labute approximate surface area is 126 Å². The number of carbonyl (C=O) groups is 1. The van der Waals surface area contributed by atoms with Crippen LogP contribution in [0.1, 0.15) is 43.6 Å². The van der Waals surface area contributed by atoms with Crippen molar-refractivity contribution in [3.05, 3.63) is 29.8 Å². The van der Waals surface area contributed by atoms with E-state index in [1.54, 1.807) is 0 Å².